The Balaban J connectivity index is 1.92. The van der Waals surface area contributed by atoms with Gasteiger partial charge in [0.05, 0.1) is 11.9 Å². The number of aromatic carboxylic acids is 1. The summed E-state index contributed by atoms with van der Waals surface area (Å²) in [5, 5.41) is 8.91. The summed E-state index contributed by atoms with van der Waals surface area (Å²) in [4.78, 5) is 28.6. The lowest BCUT2D eigenvalue weighted by Crippen LogP contribution is -2.18. The summed E-state index contributed by atoms with van der Waals surface area (Å²) >= 11 is 0. The number of hydrogen-bond acceptors (Lipinski definition) is 5. The highest BCUT2D eigenvalue weighted by molar-refractivity contribution is 5.92. The standard InChI is InChI=1S/C12H9N3O5/c13-10(16)8-9(15-4-14-8)12-19-6-2-1-5(11(17)18)3-7(6)20-12/h1-4,12H,(H2,13,16)(H,14,15)(H,17,18). The third-order valence-electron chi connectivity index (χ3n) is 2.80. The second-order valence-electron chi connectivity index (χ2n) is 4.06. The highest BCUT2D eigenvalue weighted by atomic mass is 16.7. The first-order valence-electron chi connectivity index (χ1n) is 5.60. The summed E-state index contributed by atoms with van der Waals surface area (Å²) in [6.07, 6.45) is 0.382. The summed E-state index contributed by atoms with van der Waals surface area (Å²) < 4.78 is 11.0. The molecule has 1 aliphatic heterocycles. The number of carbonyl (C=O) groups excluding carboxylic acids is 1. The molecule has 0 bridgehead atoms. The molecule has 0 aliphatic carbocycles. The Bertz CT molecular complexity index is 709. The van der Waals surface area contributed by atoms with Crippen molar-refractivity contribution in [3.63, 3.8) is 0 Å². The normalized spacial score (nSPS) is 16.1. The van der Waals surface area contributed by atoms with Crippen LogP contribution in [0.2, 0.25) is 0 Å². The number of benzene rings is 1. The number of carboxylic acid groups (broad SMARTS) is 1. The summed E-state index contributed by atoms with van der Waals surface area (Å²) in [6.45, 7) is 0. The lowest BCUT2D eigenvalue weighted by Gasteiger charge is -2.08. The monoisotopic (exact) mass is 275 g/mol. The van der Waals surface area contributed by atoms with Gasteiger partial charge in [-0.1, -0.05) is 0 Å². The van der Waals surface area contributed by atoms with Gasteiger partial charge in [-0.05, 0) is 18.2 Å². The van der Waals surface area contributed by atoms with Crippen molar-refractivity contribution in [1.29, 1.82) is 0 Å². The number of rotatable bonds is 3. The van der Waals surface area contributed by atoms with Crippen LogP contribution in [-0.2, 0) is 0 Å². The van der Waals surface area contributed by atoms with Crippen molar-refractivity contribution in [2.24, 2.45) is 5.73 Å². The number of H-pyrrole nitrogens is 1. The SMILES string of the molecule is NC(=O)c1nc[nH]c1C1Oc2ccc(C(=O)O)cc2O1. The number of carboxylic acids is 1. The van der Waals surface area contributed by atoms with Crippen molar-refractivity contribution in [1.82, 2.24) is 9.97 Å². The largest absolute Gasteiger partial charge is 0.478 e. The van der Waals surface area contributed by atoms with E-state index in [9.17, 15) is 9.59 Å². The molecule has 1 atom stereocenters. The Labute approximate surface area is 112 Å². The lowest BCUT2D eigenvalue weighted by atomic mass is 10.2. The van der Waals surface area contributed by atoms with E-state index in [0.717, 1.165) is 0 Å². The van der Waals surface area contributed by atoms with Gasteiger partial charge in [0.15, 0.2) is 17.2 Å². The van der Waals surface area contributed by atoms with Crippen molar-refractivity contribution in [2.75, 3.05) is 0 Å². The highest BCUT2D eigenvalue weighted by Gasteiger charge is 2.31. The Morgan fingerprint density at radius 2 is 2.05 bits per heavy atom. The number of imidazole rings is 1. The molecule has 0 radical (unpaired) electrons. The van der Waals surface area contributed by atoms with Crippen LogP contribution >= 0.6 is 0 Å². The number of hydrogen-bond donors (Lipinski definition) is 3. The first kappa shape index (κ1) is 12.0. The quantitative estimate of drug-likeness (QED) is 0.755. The van der Waals surface area contributed by atoms with Crippen LogP contribution in [0.25, 0.3) is 0 Å². The van der Waals surface area contributed by atoms with Crippen LogP contribution in [0.4, 0.5) is 0 Å². The molecule has 102 valence electrons. The first-order chi connectivity index (χ1) is 9.56. The average molecular weight is 275 g/mol. The number of nitrogens with two attached hydrogens (primary N) is 1. The van der Waals surface area contributed by atoms with Gasteiger partial charge in [0, 0.05) is 0 Å². The highest BCUT2D eigenvalue weighted by Crippen LogP contribution is 2.40. The van der Waals surface area contributed by atoms with Gasteiger partial charge in [0.25, 0.3) is 12.2 Å². The van der Waals surface area contributed by atoms with Gasteiger partial charge >= 0.3 is 5.97 Å². The fourth-order valence-electron chi connectivity index (χ4n) is 1.88. The van der Waals surface area contributed by atoms with Crippen LogP contribution < -0.4 is 15.2 Å². The zero-order valence-electron chi connectivity index (χ0n) is 9.99. The smallest absolute Gasteiger partial charge is 0.335 e. The summed E-state index contributed by atoms with van der Waals surface area (Å²) in [7, 11) is 0. The Kier molecular flexibility index (Phi) is 2.56. The summed E-state index contributed by atoms with van der Waals surface area (Å²) in [5.41, 5.74) is 5.56. The van der Waals surface area contributed by atoms with Crippen LogP contribution in [0.15, 0.2) is 24.5 Å². The van der Waals surface area contributed by atoms with E-state index in [4.69, 9.17) is 20.3 Å². The van der Waals surface area contributed by atoms with Gasteiger partial charge in [-0.2, -0.15) is 0 Å². The lowest BCUT2D eigenvalue weighted by molar-refractivity contribution is 0.0438. The van der Waals surface area contributed by atoms with E-state index in [1.54, 1.807) is 0 Å². The van der Waals surface area contributed by atoms with Gasteiger partial charge in [-0.25, -0.2) is 9.78 Å². The van der Waals surface area contributed by atoms with Crippen LogP contribution in [0.3, 0.4) is 0 Å². The second-order valence-corrected chi connectivity index (χ2v) is 4.06. The Morgan fingerprint density at radius 3 is 2.75 bits per heavy atom. The minimum atomic E-state index is -1.07. The maximum atomic E-state index is 11.2. The van der Waals surface area contributed by atoms with Crippen molar-refractivity contribution >= 4 is 11.9 Å². The van der Waals surface area contributed by atoms with Gasteiger partial charge in [0.2, 0.25) is 0 Å². The molecule has 1 amide bonds. The molecule has 0 saturated heterocycles. The van der Waals surface area contributed by atoms with Crippen LogP contribution in [0, 0.1) is 0 Å². The van der Waals surface area contributed by atoms with Gasteiger partial charge in [-0.15, -0.1) is 0 Å². The molecule has 0 fully saturated rings. The topological polar surface area (TPSA) is 128 Å². The molecule has 2 aromatic rings. The fourth-order valence-corrected chi connectivity index (χ4v) is 1.88. The van der Waals surface area contributed by atoms with E-state index in [2.05, 4.69) is 9.97 Å². The van der Waals surface area contributed by atoms with Crippen molar-refractivity contribution < 1.29 is 24.2 Å². The molecule has 0 spiro atoms. The first-order valence-corrected chi connectivity index (χ1v) is 5.60. The van der Waals surface area contributed by atoms with E-state index in [-0.39, 0.29) is 22.7 Å². The number of nitrogens with one attached hydrogen (secondary N) is 1. The maximum Gasteiger partial charge on any atom is 0.335 e. The molecule has 2 heterocycles. The minimum Gasteiger partial charge on any atom is -0.478 e. The number of primary amides is 1. The van der Waals surface area contributed by atoms with Crippen molar-refractivity contribution in [3.8, 4) is 11.5 Å². The molecule has 8 nitrogen and oxygen atoms in total. The summed E-state index contributed by atoms with van der Waals surface area (Å²) in [5.74, 6) is -1.13. The zero-order valence-corrected chi connectivity index (χ0v) is 9.99. The molecule has 1 aromatic heterocycles. The maximum absolute atomic E-state index is 11.2. The van der Waals surface area contributed by atoms with Crippen LogP contribution in [0.1, 0.15) is 32.8 Å². The molecule has 4 N–H and O–H groups in total. The molecule has 1 aliphatic rings. The zero-order chi connectivity index (χ0) is 14.3. The van der Waals surface area contributed by atoms with Gasteiger partial charge in [-0.3, -0.25) is 4.79 Å². The third-order valence-corrected chi connectivity index (χ3v) is 2.80. The van der Waals surface area contributed by atoms with E-state index >= 15 is 0 Å². The van der Waals surface area contributed by atoms with Gasteiger partial charge in [0.1, 0.15) is 5.69 Å². The number of amides is 1. The van der Waals surface area contributed by atoms with Crippen LogP contribution in [-0.4, -0.2) is 27.0 Å². The molecule has 20 heavy (non-hydrogen) atoms. The molecular formula is C12H9N3O5. The number of aromatic nitrogens is 2. The number of carbonyl (C=O) groups is 2. The Hall–Kier alpha value is -3.03. The van der Waals surface area contributed by atoms with E-state index < -0.39 is 18.2 Å². The van der Waals surface area contributed by atoms with E-state index in [1.807, 2.05) is 0 Å². The van der Waals surface area contributed by atoms with E-state index in [1.165, 1.54) is 24.5 Å². The predicted molar refractivity (Wildman–Crippen MR) is 64.5 cm³/mol. The van der Waals surface area contributed by atoms with Crippen molar-refractivity contribution in [2.45, 2.75) is 6.29 Å². The second kappa shape index (κ2) is 4.26. The average Bonchev–Trinajstić information content (AvgIpc) is 3.03. The molecule has 0 saturated carbocycles. The van der Waals surface area contributed by atoms with Crippen LogP contribution in [0.5, 0.6) is 11.5 Å². The molecule has 1 aromatic carbocycles. The predicted octanol–water partition coefficient (Wildman–Crippen LogP) is 0.677. The number of nitrogens with zero attached hydrogens (tertiary/aromatic N) is 1. The third kappa shape index (κ3) is 1.83. The van der Waals surface area contributed by atoms with Gasteiger partial charge < -0.3 is 25.3 Å². The number of ether oxygens (including phenoxy) is 2. The fraction of sp³-hybridized carbons (Fsp3) is 0.0833. The minimum absolute atomic E-state index is 0.0151. The Morgan fingerprint density at radius 1 is 1.30 bits per heavy atom. The number of fused-ring (bicyclic) bond motifs is 1. The number of aromatic amines is 1. The summed E-state index contributed by atoms with van der Waals surface area (Å²) in [6, 6.07) is 4.23. The van der Waals surface area contributed by atoms with Crippen molar-refractivity contribution in [3.05, 3.63) is 41.5 Å². The molecule has 8 heteroatoms. The van der Waals surface area contributed by atoms with E-state index in [0.29, 0.717) is 5.75 Å². The molecular weight excluding hydrogens is 266 g/mol. The molecule has 1 unspecified atom stereocenters. The molecule has 3 rings (SSSR count).